The zero-order chi connectivity index (χ0) is 15.0. The summed E-state index contributed by atoms with van der Waals surface area (Å²) in [6, 6.07) is 10.4. The van der Waals surface area contributed by atoms with Gasteiger partial charge in [0, 0.05) is 5.69 Å². The van der Waals surface area contributed by atoms with Crippen molar-refractivity contribution in [3.05, 3.63) is 58.1 Å². The van der Waals surface area contributed by atoms with E-state index in [1.165, 1.54) is 0 Å². The molecule has 0 spiro atoms. The van der Waals surface area contributed by atoms with Gasteiger partial charge in [-0.05, 0) is 54.3 Å². The van der Waals surface area contributed by atoms with Gasteiger partial charge in [0.2, 0.25) is 0 Å². The van der Waals surface area contributed by atoms with Gasteiger partial charge in [-0.1, -0.05) is 17.7 Å². The molecule has 5 heteroatoms. The van der Waals surface area contributed by atoms with Crippen LogP contribution in [0.2, 0.25) is 5.02 Å². The average Bonchev–Trinajstić information content (AvgIpc) is 2.83. The van der Waals surface area contributed by atoms with E-state index < -0.39 is 5.97 Å². The van der Waals surface area contributed by atoms with Crippen LogP contribution in [0.3, 0.4) is 0 Å². The van der Waals surface area contributed by atoms with Crippen molar-refractivity contribution < 1.29 is 15.0 Å². The molecule has 1 aliphatic rings. The number of carbonyl (C=O) groups is 1. The number of carboxylic acids is 1. The van der Waals surface area contributed by atoms with Crippen LogP contribution in [0.1, 0.15) is 33.9 Å². The minimum Gasteiger partial charge on any atom is -0.508 e. The Hall–Kier alpha value is -2.20. The number of fused-ring (bicyclic) bond motifs is 1. The lowest BCUT2D eigenvalue weighted by molar-refractivity contribution is 0.0697. The van der Waals surface area contributed by atoms with Crippen molar-refractivity contribution in [3.63, 3.8) is 0 Å². The fourth-order valence-electron chi connectivity index (χ4n) is 2.73. The quantitative estimate of drug-likeness (QED) is 0.805. The van der Waals surface area contributed by atoms with E-state index in [2.05, 4.69) is 5.32 Å². The number of aromatic hydroxyl groups is 1. The number of halogens is 1. The predicted molar refractivity (Wildman–Crippen MR) is 81.2 cm³/mol. The van der Waals surface area contributed by atoms with Crippen LogP contribution in [0.5, 0.6) is 5.75 Å². The van der Waals surface area contributed by atoms with E-state index in [1.807, 2.05) is 6.07 Å². The Bertz CT molecular complexity index is 715. The predicted octanol–water partition coefficient (Wildman–Crippen LogP) is 3.84. The number of phenols is 1. The number of hydrogen-bond donors (Lipinski definition) is 3. The van der Waals surface area contributed by atoms with Crippen molar-refractivity contribution in [2.45, 2.75) is 18.9 Å². The Morgan fingerprint density at radius 3 is 2.81 bits per heavy atom. The monoisotopic (exact) mass is 303 g/mol. The summed E-state index contributed by atoms with van der Waals surface area (Å²) in [5, 5.41) is 22.2. The first-order valence-electron chi connectivity index (χ1n) is 6.66. The molecular formula is C16H14ClNO3. The minimum absolute atomic E-state index is 0.0885. The standard InChI is InChI=1S/C16H14ClNO3/c17-14-5-2-10(8-13(14)16(20)21)18-15-6-1-9-7-11(19)3-4-12(9)15/h2-5,7-8,15,18-19H,1,6H2,(H,20,21). The molecule has 0 fully saturated rings. The van der Waals surface area contributed by atoms with Gasteiger partial charge < -0.3 is 15.5 Å². The normalized spacial score (nSPS) is 16.5. The molecule has 0 aromatic heterocycles. The van der Waals surface area contributed by atoms with Crippen LogP contribution in [-0.4, -0.2) is 16.2 Å². The first kappa shape index (κ1) is 13.8. The van der Waals surface area contributed by atoms with Crippen LogP contribution < -0.4 is 5.32 Å². The zero-order valence-corrected chi connectivity index (χ0v) is 11.9. The number of benzene rings is 2. The second-order valence-electron chi connectivity index (χ2n) is 5.12. The van der Waals surface area contributed by atoms with Gasteiger partial charge in [0.25, 0.3) is 0 Å². The van der Waals surface area contributed by atoms with Crippen molar-refractivity contribution in [3.8, 4) is 5.75 Å². The Morgan fingerprint density at radius 2 is 2.05 bits per heavy atom. The number of anilines is 1. The third kappa shape index (κ3) is 2.67. The van der Waals surface area contributed by atoms with E-state index in [4.69, 9.17) is 16.7 Å². The third-order valence-corrected chi connectivity index (χ3v) is 4.07. The van der Waals surface area contributed by atoms with E-state index in [0.29, 0.717) is 0 Å². The average molecular weight is 304 g/mol. The lowest BCUT2D eigenvalue weighted by Gasteiger charge is -2.16. The molecule has 3 N–H and O–H groups in total. The smallest absolute Gasteiger partial charge is 0.337 e. The molecule has 0 radical (unpaired) electrons. The summed E-state index contributed by atoms with van der Waals surface area (Å²) in [7, 11) is 0. The maximum atomic E-state index is 11.1. The molecule has 4 nitrogen and oxygen atoms in total. The summed E-state index contributed by atoms with van der Waals surface area (Å²) >= 11 is 5.87. The molecule has 0 saturated heterocycles. The van der Waals surface area contributed by atoms with Gasteiger partial charge >= 0.3 is 5.97 Å². The maximum absolute atomic E-state index is 11.1. The zero-order valence-electron chi connectivity index (χ0n) is 11.1. The second kappa shape index (κ2) is 5.30. The van der Waals surface area contributed by atoms with Gasteiger partial charge in [0.05, 0.1) is 16.6 Å². The summed E-state index contributed by atoms with van der Waals surface area (Å²) in [4.78, 5) is 11.1. The summed E-state index contributed by atoms with van der Waals surface area (Å²) in [5.41, 5.74) is 3.08. The Labute approximate surface area is 127 Å². The molecule has 21 heavy (non-hydrogen) atoms. The van der Waals surface area contributed by atoms with Gasteiger partial charge in [-0.25, -0.2) is 4.79 Å². The first-order valence-corrected chi connectivity index (χ1v) is 7.03. The van der Waals surface area contributed by atoms with Crippen LogP contribution in [0.25, 0.3) is 0 Å². The molecule has 0 saturated carbocycles. The molecule has 2 aromatic rings. The van der Waals surface area contributed by atoms with E-state index in [1.54, 1.807) is 30.3 Å². The fourth-order valence-corrected chi connectivity index (χ4v) is 2.93. The summed E-state index contributed by atoms with van der Waals surface area (Å²) in [6.45, 7) is 0. The molecule has 0 amide bonds. The fraction of sp³-hybridized carbons (Fsp3) is 0.188. The molecule has 0 bridgehead atoms. The summed E-state index contributed by atoms with van der Waals surface area (Å²) in [6.07, 6.45) is 1.80. The summed E-state index contributed by atoms with van der Waals surface area (Å²) in [5.74, 6) is -0.769. The summed E-state index contributed by atoms with van der Waals surface area (Å²) < 4.78 is 0. The molecule has 0 heterocycles. The van der Waals surface area contributed by atoms with Crippen LogP contribution in [0.15, 0.2) is 36.4 Å². The lowest BCUT2D eigenvalue weighted by Crippen LogP contribution is -2.08. The van der Waals surface area contributed by atoms with Crippen molar-refractivity contribution in [2.75, 3.05) is 5.32 Å². The number of carboxylic acid groups (broad SMARTS) is 1. The lowest BCUT2D eigenvalue weighted by atomic mass is 10.1. The molecule has 3 rings (SSSR count). The van der Waals surface area contributed by atoms with E-state index in [9.17, 15) is 9.90 Å². The number of rotatable bonds is 3. The topological polar surface area (TPSA) is 69.6 Å². The molecule has 108 valence electrons. The highest BCUT2D eigenvalue weighted by atomic mass is 35.5. The highest BCUT2D eigenvalue weighted by Gasteiger charge is 2.23. The number of aromatic carboxylic acids is 1. The van der Waals surface area contributed by atoms with Crippen molar-refractivity contribution in [1.29, 1.82) is 0 Å². The molecule has 0 aliphatic heterocycles. The highest BCUT2D eigenvalue weighted by Crippen LogP contribution is 2.36. The molecular weight excluding hydrogens is 290 g/mol. The van der Waals surface area contributed by atoms with Gasteiger partial charge in [0.15, 0.2) is 0 Å². The van der Waals surface area contributed by atoms with E-state index in [0.717, 1.165) is 29.7 Å². The number of phenolic OH excluding ortho intramolecular Hbond substituents is 1. The second-order valence-corrected chi connectivity index (χ2v) is 5.53. The maximum Gasteiger partial charge on any atom is 0.337 e. The van der Waals surface area contributed by atoms with Crippen LogP contribution in [0.4, 0.5) is 5.69 Å². The van der Waals surface area contributed by atoms with E-state index >= 15 is 0 Å². The number of aryl methyl sites for hydroxylation is 1. The van der Waals surface area contributed by atoms with Gasteiger partial charge in [-0.3, -0.25) is 0 Å². The van der Waals surface area contributed by atoms with E-state index in [-0.39, 0.29) is 22.4 Å². The van der Waals surface area contributed by atoms with Gasteiger partial charge in [0.1, 0.15) is 5.75 Å². The van der Waals surface area contributed by atoms with Crippen LogP contribution in [-0.2, 0) is 6.42 Å². The molecule has 1 aliphatic carbocycles. The highest BCUT2D eigenvalue weighted by molar-refractivity contribution is 6.33. The number of hydrogen-bond acceptors (Lipinski definition) is 3. The Balaban J connectivity index is 1.86. The van der Waals surface area contributed by atoms with Crippen molar-refractivity contribution in [2.24, 2.45) is 0 Å². The van der Waals surface area contributed by atoms with Crippen LogP contribution >= 0.6 is 11.6 Å². The van der Waals surface area contributed by atoms with Gasteiger partial charge in [-0.2, -0.15) is 0 Å². The van der Waals surface area contributed by atoms with Crippen molar-refractivity contribution in [1.82, 2.24) is 0 Å². The van der Waals surface area contributed by atoms with Crippen molar-refractivity contribution >= 4 is 23.3 Å². The first-order chi connectivity index (χ1) is 10.0. The molecule has 1 atom stereocenters. The Morgan fingerprint density at radius 1 is 1.24 bits per heavy atom. The SMILES string of the molecule is O=C(O)c1cc(NC2CCc3cc(O)ccc32)ccc1Cl. The Kier molecular flexibility index (Phi) is 3.47. The van der Waals surface area contributed by atoms with Gasteiger partial charge in [-0.15, -0.1) is 0 Å². The third-order valence-electron chi connectivity index (χ3n) is 3.74. The number of nitrogens with one attached hydrogen (secondary N) is 1. The van der Waals surface area contributed by atoms with Crippen LogP contribution in [0, 0.1) is 0 Å². The minimum atomic E-state index is -1.04. The largest absolute Gasteiger partial charge is 0.508 e. The molecule has 1 unspecified atom stereocenters. The molecule has 2 aromatic carbocycles.